The van der Waals surface area contributed by atoms with Gasteiger partial charge in [0.05, 0.1) is 0 Å². The van der Waals surface area contributed by atoms with Gasteiger partial charge in [-0.3, -0.25) is 0 Å². The summed E-state index contributed by atoms with van der Waals surface area (Å²) in [5, 5.41) is 0. The van der Waals surface area contributed by atoms with E-state index in [2.05, 4.69) is 32.9 Å². The minimum Gasteiger partial charge on any atom is -0.0917 e. The Morgan fingerprint density at radius 1 is 1.00 bits per heavy atom. The zero-order chi connectivity index (χ0) is 8.83. The lowest BCUT2D eigenvalue weighted by Crippen LogP contribution is -1.43. The van der Waals surface area contributed by atoms with Gasteiger partial charge in [-0.25, -0.2) is 0 Å². The van der Waals surface area contributed by atoms with E-state index in [0.29, 0.717) is 0 Å². The van der Waals surface area contributed by atoms with Crippen LogP contribution in [0.1, 0.15) is 54.4 Å². The quantitative estimate of drug-likeness (QED) is 0.478. The zero-order valence-corrected chi connectivity index (χ0v) is 8.57. The van der Waals surface area contributed by atoms with E-state index in [0.717, 1.165) is 6.42 Å². The number of hydrogen-bond donors (Lipinski definition) is 0. The van der Waals surface area contributed by atoms with Gasteiger partial charge in [-0.2, -0.15) is 0 Å². The van der Waals surface area contributed by atoms with Crippen LogP contribution in [0.5, 0.6) is 0 Å². The van der Waals surface area contributed by atoms with E-state index in [1.54, 1.807) is 0 Å². The topological polar surface area (TPSA) is 0 Å². The predicted molar refractivity (Wildman–Crippen MR) is 52.4 cm³/mol. The molecule has 0 heterocycles. The monoisotopic (exact) mass is 144 g/mol. The molecule has 0 N–H and O–H groups in total. The minimum absolute atomic E-state index is 1.16. The Labute approximate surface area is 67.3 Å². The van der Waals surface area contributed by atoms with Crippen molar-refractivity contribution in [2.45, 2.75) is 54.4 Å². The summed E-state index contributed by atoms with van der Waals surface area (Å²) in [5.41, 5.74) is 0. The summed E-state index contributed by atoms with van der Waals surface area (Å²) < 4.78 is 0. The van der Waals surface area contributed by atoms with E-state index >= 15 is 0 Å². The summed E-state index contributed by atoms with van der Waals surface area (Å²) in [6, 6.07) is 0. The molecule has 0 aromatic rings. The summed E-state index contributed by atoms with van der Waals surface area (Å²) in [6.45, 7) is 12.4. The highest BCUT2D eigenvalue weighted by atomic mass is 13.6. The van der Waals surface area contributed by atoms with Crippen LogP contribution in [0.25, 0.3) is 0 Å². The fourth-order valence-electron chi connectivity index (χ4n) is 0.236. The van der Waals surface area contributed by atoms with Crippen molar-refractivity contribution >= 4 is 0 Å². The number of hydrogen-bond acceptors (Lipinski definition) is 0. The molecule has 0 amide bonds. The first-order valence-corrected chi connectivity index (χ1v) is 4.44. The van der Waals surface area contributed by atoms with Crippen LogP contribution in [0.2, 0.25) is 0 Å². The van der Waals surface area contributed by atoms with Gasteiger partial charge in [0.2, 0.25) is 0 Å². The summed E-state index contributed by atoms with van der Waals surface area (Å²) in [6.07, 6.45) is 6.59. The number of rotatable bonds is 1. The molecule has 0 bridgehead atoms. The third kappa shape index (κ3) is 116. The molecule has 64 valence electrons. The van der Waals surface area contributed by atoms with Gasteiger partial charge < -0.3 is 0 Å². The Kier molecular flexibility index (Phi) is 61.3. The summed E-state index contributed by atoms with van der Waals surface area (Å²) in [5.74, 6) is 0. The molecule has 0 radical (unpaired) electrons. The van der Waals surface area contributed by atoms with Gasteiger partial charge in [-0.1, -0.05) is 53.2 Å². The van der Waals surface area contributed by atoms with Crippen molar-refractivity contribution in [2.75, 3.05) is 0 Å². The maximum Gasteiger partial charge on any atom is -0.0379 e. The second-order valence-electron chi connectivity index (χ2n) is 1.68. The van der Waals surface area contributed by atoms with E-state index in [1.165, 1.54) is 6.42 Å². The van der Waals surface area contributed by atoms with Crippen molar-refractivity contribution in [3.63, 3.8) is 0 Å². The Balaban J connectivity index is -0.0000000847. The largest absolute Gasteiger partial charge is 0.0917 e. The van der Waals surface area contributed by atoms with Gasteiger partial charge in [0.1, 0.15) is 0 Å². The van der Waals surface area contributed by atoms with Gasteiger partial charge in [0, 0.05) is 0 Å². The molecule has 0 aromatic carbocycles. The van der Waals surface area contributed by atoms with E-state index in [-0.39, 0.29) is 0 Å². The predicted octanol–water partition coefficient (Wildman–Crippen LogP) is 4.42. The molecule has 0 spiro atoms. The summed E-state index contributed by atoms with van der Waals surface area (Å²) in [7, 11) is 0. The molecule has 0 nitrogen and oxygen atoms in total. The van der Waals surface area contributed by atoms with Crippen molar-refractivity contribution in [3.05, 3.63) is 12.2 Å². The Bertz CT molecular complexity index is 35.3. The first kappa shape index (κ1) is 16.4. The standard InChI is InChI=1S/C5H10.C3H8.C2H6/c1-3-5-4-2;1-3-2;1-2/h3,5H,4H2,1-2H3;3H2,1-2H3;1-2H3/b5-3-;;. The highest BCUT2D eigenvalue weighted by molar-refractivity contribution is 4.73. The maximum atomic E-state index is 2.12. The molecule has 0 heteroatoms. The highest BCUT2D eigenvalue weighted by Crippen LogP contribution is 1.73. The molecule has 0 rings (SSSR count). The van der Waals surface area contributed by atoms with Crippen molar-refractivity contribution in [3.8, 4) is 0 Å². The molecule has 0 saturated carbocycles. The fourth-order valence-corrected chi connectivity index (χ4v) is 0.236. The normalized spacial score (nSPS) is 7.40. The average molecular weight is 144 g/mol. The highest BCUT2D eigenvalue weighted by Gasteiger charge is 1.52. The lowest BCUT2D eigenvalue weighted by atomic mass is 10.4. The second-order valence-corrected chi connectivity index (χ2v) is 1.68. The van der Waals surface area contributed by atoms with E-state index in [1.807, 2.05) is 20.8 Å². The maximum absolute atomic E-state index is 2.12. The summed E-state index contributed by atoms with van der Waals surface area (Å²) in [4.78, 5) is 0. The Morgan fingerprint density at radius 3 is 1.30 bits per heavy atom. The van der Waals surface area contributed by atoms with Crippen LogP contribution in [0.3, 0.4) is 0 Å². The Morgan fingerprint density at radius 2 is 1.30 bits per heavy atom. The lowest BCUT2D eigenvalue weighted by molar-refractivity contribution is 1.09. The van der Waals surface area contributed by atoms with Gasteiger partial charge in [-0.05, 0) is 13.3 Å². The first-order valence-electron chi connectivity index (χ1n) is 4.44. The molecule has 0 aliphatic rings. The van der Waals surface area contributed by atoms with Crippen molar-refractivity contribution < 1.29 is 0 Å². The van der Waals surface area contributed by atoms with Crippen LogP contribution in [0.15, 0.2) is 12.2 Å². The lowest BCUT2D eigenvalue weighted by Gasteiger charge is -1.65. The fraction of sp³-hybridized carbons (Fsp3) is 0.800. The van der Waals surface area contributed by atoms with Crippen LogP contribution < -0.4 is 0 Å². The zero-order valence-electron chi connectivity index (χ0n) is 8.57. The third-order valence-corrected chi connectivity index (χ3v) is 0.471. The van der Waals surface area contributed by atoms with Crippen LogP contribution in [0.4, 0.5) is 0 Å². The molecular weight excluding hydrogens is 120 g/mol. The molecule has 0 saturated heterocycles. The van der Waals surface area contributed by atoms with Gasteiger partial charge in [0.25, 0.3) is 0 Å². The molecule has 0 aliphatic carbocycles. The van der Waals surface area contributed by atoms with Crippen LogP contribution in [-0.2, 0) is 0 Å². The molecule has 0 fully saturated rings. The molecule has 0 aliphatic heterocycles. The molecule has 0 aromatic heterocycles. The van der Waals surface area contributed by atoms with E-state index in [4.69, 9.17) is 0 Å². The smallest absolute Gasteiger partial charge is 0.0379 e. The minimum atomic E-state index is 1.16. The Hall–Kier alpha value is -0.260. The first-order chi connectivity index (χ1) is 4.83. The van der Waals surface area contributed by atoms with E-state index in [9.17, 15) is 0 Å². The van der Waals surface area contributed by atoms with Crippen molar-refractivity contribution in [1.82, 2.24) is 0 Å². The molecule has 10 heavy (non-hydrogen) atoms. The molecule has 0 unspecified atom stereocenters. The van der Waals surface area contributed by atoms with E-state index < -0.39 is 0 Å². The van der Waals surface area contributed by atoms with Crippen LogP contribution in [0, 0.1) is 0 Å². The summed E-state index contributed by atoms with van der Waals surface area (Å²) >= 11 is 0. The molecular formula is C10H24. The SMILES string of the molecule is C/C=C\CC.CC.CCC. The number of allylic oxidation sites excluding steroid dienone is 2. The van der Waals surface area contributed by atoms with Gasteiger partial charge in [-0.15, -0.1) is 0 Å². The molecule has 0 atom stereocenters. The second kappa shape index (κ2) is 37.4. The van der Waals surface area contributed by atoms with Crippen molar-refractivity contribution in [2.24, 2.45) is 0 Å². The van der Waals surface area contributed by atoms with Crippen LogP contribution in [-0.4, -0.2) is 0 Å². The van der Waals surface area contributed by atoms with Gasteiger partial charge >= 0.3 is 0 Å². The third-order valence-electron chi connectivity index (χ3n) is 0.471. The average Bonchev–Trinajstić information content (AvgIpc) is 1.96. The van der Waals surface area contributed by atoms with Crippen molar-refractivity contribution in [1.29, 1.82) is 0 Å². The van der Waals surface area contributed by atoms with Gasteiger partial charge in [0.15, 0.2) is 0 Å². The van der Waals surface area contributed by atoms with Crippen LogP contribution >= 0.6 is 0 Å².